The first-order valence-electron chi connectivity index (χ1n) is 5.82. The van der Waals surface area contributed by atoms with Crippen LogP contribution in [0.2, 0.25) is 0 Å². The number of methoxy groups -OCH3 is 2. The summed E-state index contributed by atoms with van der Waals surface area (Å²) in [6.45, 7) is 0.413. The van der Waals surface area contributed by atoms with Gasteiger partial charge in [-0.1, -0.05) is 6.07 Å². The highest BCUT2D eigenvalue weighted by Gasteiger charge is 2.14. The number of anilines is 1. The first kappa shape index (κ1) is 15.1. The number of rotatable bonds is 6. The summed E-state index contributed by atoms with van der Waals surface area (Å²) >= 11 is 0. The van der Waals surface area contributed by atoms with Crippen LogP contribution in [0.3, 0.4) is 0 Å². The fourth-order valence-electron chi connectivity index (χ4n) is 1.45. The second-order valence-electron chi connectivity index (χ2n) is 3.95. The van der Waals surface area contributed by atoms with E-state index in [1.54, 1.807) is 25.3 Å². The van der Waals surface area contributed by atoms with Crippen LogP contribution in [0.25, 0.3) is 0 Å². The Kier molecular flexibility index (Phi) is 5.98. The Bertz CT molecular complexity index is 448. The average Bonchev–Trinajstić information content (AvgIpc) is 2.44. The van der Waals surface area contributed by atoms with Crippen molar-refractivity contribution in [2.75, 3.05) is 26.1 Å². The van der Waals surface area contributed by atoms with Gasteiger partial charge in [-0.05, 0) is 24.6 Å². The fraction of sp³-hybridized carbons (Fsp3) is 0.385. The molecule has 1 aromatic rings. The second-order valence-corrected chi connectivity index (χ2v) is 3.95. The molecule has 1 aromatic carbocycles. The van der Waals surface area contributed by atoms with Crippen LogP contribution in [0.4, 0.5) is 5.69 Å². The van der Waals surface area contributed by atoms with E-state index < -0.39 is 12.0 Å². The highest BCUT2D eigenvalue weighted by Crippen LogP contribution is 2.12. The second kappa shape index (κ2) is 7.50. The standard InChI is InChI=1S/C13H18N2O4/c1-18-7-6-11(14)12(16)15-10-5-3-4-9(8-10)13(17)19-2/h3-5,8,11H,6-7,14H2,1-2H3,(H,15,16). The van der Waals surface area contributed by atoms with Crippen molar-refractivity contribution in [2.24, 2.45) is 5.73 Å². The van der Waals surface area contributed by atoms with Gasteiger partial charge in [-0.15, -0.1) is 0 Å². The van der Waals surface area contributed by atoms with E-state index in [-0.39, 0.29) is 5.91 Å². The van der Waals surface area contributed by atoms with E-state index in [0.29, 0.717) is 24.3 Å². The van der Waals surface area contributed by atoms with Gasteiger partial charge in [-0.25, -0.2) is 4.79 Å². The SMILES string of the molecule is COCCC(N)C(=O)Nc1cccc(C(=O)OC)c1. The summed E-state index contributed by atoms with van der Waals surface area (Å²) < 4.78 is 9.46. The lowest BCUT2D eigenvalue weighted by Gasteiger charge is -2.12. The molecule has 0 bridgehead atoms. The number of esters is 1. The monoisotopic (exact) mass is 266 g/mol. The highest BCUT2D eigenvalue weighted by molar-refractivity contribution is 5.96. The van der Waals surface area contributed by atoms with Crippen LogP contribution >= 0.6 is 0 Å². The predicted molar refractivity (Wildman–Crippen MR) is 70.9 cm³/mol. The molecule has 1 unspecified atom stereocenters. The van der Waals surface area contributed by atoms with Crippen LogP contribution in [0.15, 0.2) is 24.3 Å². The van der Waals surface area contributed by atoms with Crippen molar-refractivity contribution >= 4 is 17.6 Å². The summed E-state index contributed by atoms with van der Waals surface area (Å²) in [5.74, 6) is -0.779. The number of carbonyl (C=O) groups is 2. The minimum atomic E-state index is -0.651. The van der Waals surface area contributed by atoms with Gasteiger partial charge in [0.05, 0.1) is 18.7 Å². The van der Waals surface area contributed by atoms with Crippen molar-refractivity contribution in [3.8, 4) is 0 Å². The van der Waals surface area contributed by atoms with Crippen LogP contribution in [0, 0.1) is 0 Å². The molecule has 3 N–H and O–H groups in total. The van der Waals surface area contributed by atoms with Crippen LogP contribution in [0.1, 0.15) is 16.8 Å². The molecule has 0 aromatic heterocycles. The fourth-order valence-corrected chi connectivity index (χ4v) is 1.45. The quantitative estimate of drug-likeness (QED) is 0.742. The molecule has 0 heterocycles. The van der Waals surface area contributed by atoms with Crippen molar-refractivity contribution < 1.29 is 19.1 Å². The van der Waals surface area contributed by atoms with Gasteiger partial charge in [0.1, 0.15) is 0 Å². The van der Waals surface area contributed by atoms with E-state index in [1.807, 2.05) is 0 Å². The molecule has 0 aliphatic heterocycles. The maximum absolute atomic E-state index is 11.8. The maximum atomic E-state index is 11.8. The third kappa shape index (κ3) is 4.69. The molecule has 104 valence electrons. The lowest BCUT2D eigenvalue weighted by atomic mass is 10.1. The number of hydrogen-bond acceptors (Lipinski definition) is 5. The Labute approximate surface area is 111 Å². The zero-order valence-electron chi connectivity index (χ0n) is 11.0. The molecule has 0 saturated carbocycles. The van der Waals surface area contributed by atoms with Gasteiger partial charge >= 0.3 is 5.97 Å². The van der Waals surface area contributed by atoms with E-state index in [0.717, 1.165) is 0 Å². The molecule has 0 radical (unpaired) electrons. The Hall–Kier alpha value is -1.92. The van der Waals surface area contributed by atoms with Gasteiger partial charge in [0.2, 0.25) is 5.91 Å². The lowest BCUT2D eigenvalue weighted by molar-refractivity contribution is -0.117. The Morgan fingerprint density at radius 1 is 1.37 bits per heavy atom. The van der Waals surface area contributed by atoms with Crippen LogP contribution in [-0.4, -0.2) is 38.7 Å². The Morgan fingerprint density at radius 2 is 2.11 bits per heavy atom. The molecule has 19 heavy (non-hydrogen) atoms. The molecular formula is C13H18N2O4. The molecule has 1 rings (SSSR count). The molecule has 6 heteroatoms. The lowest BCUT2D eigenvalue weighted by Crippen LogP contribution is -2.36. The van der Waals surface area contributed by atoms with E-state index in [2.05, 4.69) is 10.1 Å². The molecule has 0 spiro atoms. The number of carbonyl (C=O) groups excluding carboxylic acids is 2. The summed E-state index contributed by atoms with van der Waals surface area (Å²) in [4.78, 5) is 23.1. The van der Waals surface area contributed by atoms with E-state index >= 15 is 0 Å². The van der Waals surface area contributed by atoms with E-state index in [1.165, 1.54) is 13.2 Å². The third-order valence-electron chi connectivity index (χ3n) is 2.52. The molecule has 1 amide bonds. The van der Waals surface area contributed by atoms with Crippen molar-refractivity contribution in [3.63, 3.8) is 0 Å². The largest absolute Gasteiger partial charge is 0.465 e. The smallest absolute Gasteiger partial charge is 0.337 e. The van der Waals surface area contributed by atoms with Crippen LogP contribution in [0.5, 0.6) is 0 Å². The summed E-state index contributed by atoms with van der Waals surface area (Å²) in [5, 5.41) is 2.64. The van der Waals surface area contributed by atoms with Crippen molar-refractivity contribution in [1.29, 1.82) is 0 Å². The first-order valence-corrected chi connectivity index (χ1v) is 5.82. The van der Waals surface area contributed by atoms with Gasteiger partial charge in [0, 0.05) is 19.4 Å². The summed E-state index contributed by atoms with van der Waals surface area (Å²) in [5.41, 5.74) is 6.56. The predicted octanol–water partition coefficient (Wildman–Crippen LogP) is 0.775. The molecule has 0 saturated heterocycles. The normalized spacial score (nSPS) is 11.7. The number of amides is 1. The van der Waals surface area contributed by atoms with Gasteiger partial charge in [0.25, 0.3) is 0 Å². The molecular weight excluding hydrogens is 248 g/mol. The molecule has 0 aliphatic rings. The average molecular weight is 266 g/mol. The minimum Gasteiger partial charge on any atom is -0.465 e. The van der Waals surface area contributed by atoms with Crippen LogP contribution < -0.4 is 11.1 Å². The Morgan fingerprint density at radius 3 is 2.74 bits per heavy atom. The summed E-state index contributed by atoms with van der Waals surface area (Å²) in [6, 6.07) is 5.82. The Balaban J connectivity index is 2.66. The maximum Gasteiger partial charge on any atom is 0.337 e. The highest BCUT2D eigenvalue weighted by atomic mass is 16.5. The number of hydrogen-bond donors (Lipinski definition) is 2. The van der Waals surface area contributed by atoms with Gasteiger partial charge in [-0.2, -0.15) is 0 Å². The van der Waals surface area contributed by atoms with Crippen LogP contribution in [-0.2, 0) is 14.3 Å². The minimum absolute atomic E-state index is 0.320. The van der Waals surface area contributed by atoms with Gasteiger partial charge < -0.3 is 20.5 Å². The van der Waals surface area contributed by atoms with Crippen molar-refractivity contribution in [2.45, 2.75) is 12.5 Å². The van der Waals surface area contributed by atoms with Gasteiger partial charge in [0.15, 0.2) is 0 Å². The van der Waals surface area contributed by atoms with Crippen molar-refractivity contribution in [1.82, 2.24) is 0 Å². The number of ether oxygens (including phenoxy) is 2. The van der Waals surface area contributed by atoms with Crippen molar-refractivity contribution in [3.05, 3.63) is 29.8 Å². The summed E-state index contributed by atoms with van der Waals surface area (Å²) in [7, 11) is 2.85. The third-order valence-corrected chi connectivity index (χ3v) is 2.52. The topological polar surface area (TPSA) is 90.6 Å². The first-order chi connectivity index (χ1) is 9.08. The zero-order valence-corrected chi connectivity index (χ0v) is 11.0. The molecule has 1 atom stereocenters. The molecule has 0 aliphatic carbocycles. The molecule has 6 nitrogen and oxygen atoms in total. The van der Waals surface area contributed by atoms with Gasteiger partial charge in [-0.3, -0.25) is 4.79 Å². The van der Waals surface area contributed by atoms with E-state index in [9.17, 15) is 9.59 Å². The van der Waals surface area contributed by atoms with E-state index in [4.69, 9.17) is 10.5 Å². The summed E-state index contributed by atoms with van der Waals surface area (Å²) in [6.07, 6.45) is 0.430. The number of nitrogens with one attached hydrogen (secondary N) is 1. The molecule has 0 fully saturated rings. The number of benzene rings is 1. The zero-order chi connectivity index (χ0) is 14.3. The number of nitrogens with two attached hydrogens (primary N) is 1.